The van der Waals surface area contributed by atoms with Gasteiger partial charge >= 0.3 is 6.18 Å². The van der Waals surface area contributed by atoms with Crippen molar-refractivity contribution in [3.05, 3.63) is 59.1 Å². The van der Waals surface area contributed by atoms with Crippen molar-refractivity contribution in [2.75, 3.05) is 36.1 Å². The third-order valence-corrected chi connectivity index (χ3v) is 5.53. The van der Waals surface area contributed by atoms with Gasteiger partial charge in [-0.05, 0) is 43.5 Å². The van der Waals surface area contributed by atoms with E-state index in [0.29, 0.717) is 12.5 Å². The molecule has 0 aromatic carbocycles. The maximum Gasteiger partial charge on any atom is 0.417 e. The van der Waals surface area contributed by atoms with E-state index < -0.39 is 11.7 Å². The van der Waals surface area contributed by atoms with Gasteiger partial charge in [-0.3, -0.25) is 14.8 Å². The number of carbonyl (C=O) groups is 1. The van der Waals surface area contributed by atoms with E-state index in [0.717, 1.165) is 11.8 Å². The Labute approximate surface area is 200 Å². The van der Waals surface area contributed by atoms with Crippen LogP contribution in [0.15, 0.2) is 42.9 Å². The minimum absolute atomic E-state index is 0.0275. The Morgan fingerprint density at radius 3 is 2.50 bits per heavy atom. The predicted molar refractivity (Wildman–Crippen MR) is 127 cm³/mol. The summed E-state index contributed by atoms with van der Waals surface area (Å²) in [5, 5.41) is 2.97. The molecular weight excluding hydrogens is 469 g/mol. The van der Waals surface area contributed by atoms with Crippen LogP contribution in [0.4, 0.5) is 30.2 Å². The molecule has 0 aliphatic carbocycles. The first-order valence-corrected chi connectivity index (χ1v) is 10.9. The van der Waals surface area contributed by atoms with Gasteiger partial charge in [0.1, 0.15) is 11.4 Å². The first kappa shape index (κ1) is 25.2. The van der Waals surface area contributed by atoms with Gasteiger partial charge < -0.3 is 16.0 Å². The smallest absolute Gasteiger partial charge is 0.397 e. The quantitative estimate of drug-likeness (QED) is 0.475. The van der Waals surface area contributed by atoms with Gasteiger partial charge in [0.05, 0.1) is 39.5 Å². The summed E-state index contributed by atoms with van der Waals surface area (Å²) >= 11 is 5.78. The van der Waals surface area contributed by atoms with Crippen LogP contribution in [0.1, 0.15) is 35.3 Å². The average molecular weight is 493 g/mol. The highest BCUT2D eigenvalue weighted by atomic mass is 35.5. The molecular formula is C23H24ClF3N6O. The van der Waals surface area contributed by atoms with E-state index in [1.807, 2.05) is 19.4 Å². The zero-order chi connectivity index (χ0) is 24.7. The van der Waals surface area contributed by atoms with E-state index in [9.17, 15) is 18.0 Å². The molecule has 1 saturated heterocycles. The number of anilines is 3. The Bertz CT molecular complexity index is 1140. The Hall–Kier alpha value is -3.40. The molecule has 11 heteroatoms. The summed E-state index contributed by atoms with van der Waals surface area (Å²) in [6.45, 7) is 2.36. The number of alkyl halides is 3. The second-order valence-corrected chi connectivity index (χ2v) is 7.94. The van der Waals surface area contributed by atoms with Gasteiger partial charge in [0.25, 0.3) is 0 Å². The number of carbonyl (C=O) groups excluding carboxylic acids is 1. The number of aromatic nitrogens is 3. The van der Waals surface area contributed by atoms with Crippen molar-refractivity contribution in [1.29, 1.82) is 0 Å². The van der Waals surface area contributed by atoms with Gasteiger partial charge in [-0.25, -0.2) is 4.98 Å². The van der Waals surface area contributed by atoms with Crippen molar-refractivity contribution >= 4 is 34.9 Å². The van der Waals surface area contributed by atoms with Gasteiger partial charge in [0, 0.05) is 32.5 Å². The van der Waals surface area contributed by atoms with Crippen LogP contribution in [0.2, 0.25) is 5.02 Å². The van der Waals surface area contributed by atoms with Crippen molar-refractivity contribution in [2.24, 2.45) is 0 Å². The lowest BCUT2D eigenvalue weighted by atomic mass is 10.1. The molecule has 0 amide bonds. The Morgan fingerprint density at radius 1 is 1.15 bits per heavy atom. The van der Waals surface area contributed by atoms with E-state index in [2.05, 4.69) is 31.2 Å². The zero-order valence-electron chi connectivity index (χ0n) is 18.4. The number of hydrogen-bond acceptors (Lipinski definition) is 7. The van der Waals surface area contributed by atoms with E-state index in [-0.39, 0.29) is 27.8 Å². The molecule has 34 heavy (non-hydrogen) atoms. The Balaban J connectivity index is 0.000000202. The zero-order valence-corrected chi connectivity index (χ0v) is 19.2. The average Bonchev–Trinajstić information content (AvgIpc) is 2.85. The number of pyridine rings is 3. The molecule has 1 aliphatic heterocycles. The van der Waals surface area contributed by atoms with Gasteiger partial charge in [-0.15, -0.1) is 0 Å². The Kier molecular flexibility index (Phi) is 8.27. The van der Waals surface area contributed by atoms with E-state index >= 15 is 0 Å². The number of nitrogens with two attached hydrogens (primary N) is 1. The van der Waals surface area contributed by atoms with Crippen molar-refractivity contribution in [3.63, 3.8) is 0 Å². The highest BCUT2D eigenvalue weighted by Crippen LogP contribution is 2.33. The first-order valence-electron chi connectivity index (χ1n) is 10.6. The number of rotatable bonds is 4. The van der Waals surface area contributed by atoms with Crippen LogP contribution in [0, 0.1) is 0 Å². The molecule has 0 spiro atoms. The maximum absolute atomic E-state index is 12.5. The maximum atomic E-state index is 12.5. The fraction of sp³-hybridized carbons (Fsp3) is 0.304. The SMILES string of the molecule is CNc1cnccc1N1CCCCC1.Nc1ccc(-c2ncc(C(F)(F)F)cc2Cl)nc1C=O. The van der Waals surface area contributed by atoms with E-state index in [1.54, 1.807) is 0 Å². The molecule has 1 aliphatic rings. The number of piperidine rings is 1. The highest BCUT2D eigenvalue weighted by Gasteiger charge is 2.31. The third-order valence-electron chi connectivity index (χ3n) is 5.24. The Morgan fingerprint density at radius 2 is 1.88 bits per heavy atom. The molecule has 3 aromatic rings. The summed E-state index contributed by atoms with van der Waals surface area (Å²) in [5.41, 5.74) is 7.31. The summed E-state index contributed by atoms with van der Waals surface area (Å²) in [5.74, 6) is 0. The topological polar surface area (TPSA) is 97.0 Å². The predicted octanol–water partition coefficient (Wildman–Crippen LogP) is 5.32. The fourth-order valence-electron chi connectivity index (χ4n) is 3.48. The van der Waals surface area contributed by atoms with Crippen molar-refractivity contribution in [2.45, 2.75) is 25.4 Å². The van der Waals surface area contributed by atoms with Crippen LogP contribution in [0.5, 0.6) is 0 Å². The van der Waals surface area contributed by atoms with Gasteiger partial charge in [-0.1, -0.05) is 11.6 Å². The summed E-state index contributed by atoms with van der Waals surface area (Å²) in [6.07, 6.45) is 4.32. The van der Waals surface area contributed by atoms with Crippen LogP contribution in [0.3, 0.4) is 0 Å². The molecule has 7 nitrogen and oxygen atoms in total. The normalized spacial score (nSPS) is 13.6. The summed E-state index contributed by atoms with van der Waals surface area (Å²) in [7, 11) is 1.95. The first-order chi connectivity index (χ1) is 16.2. The molecule has 0 atom stereocenters. The van der Waals surface area contributed by atoms with Crippen molar-refractivity contribution < 1.29 is 18.0 Å². The van der Waals surface area contributed by atoms with Crippen LogP contribution in [0.25, 0.3) is 11.4 Å². The van der Waals surface area contributed by atoms with Crippen molar-refractivity contribution in [3.8, 4) is 11.4 Å². The molecule has 1 fully saturated rings. The van der Waals surface area contributed by atoms with Crippen LogP contribution in [-0.4, -0.2) is 41.4 Å². The standard InChI is InChI=1S/C12H7ClF3N3O.C11H17N3/c13-7-3-6(12(14,15)16)4-18-11(7)9-2-1-8(17)10(5-20)19-9;1-12-10-9-13-6-5-11(10)14-7-3-2-4-8-14/h1-5H,17H2;5-6,9,12H,2-4,7-8H2,1H3. The van der Waals surface area contributed by atoms with Gasteiger partial charge in [0.2, 0.25) is 0 Å². The molecule has 0 saturated carbocycles. The van der Waals surface area contributed by atoms with E-state index in [4.69, 9.17) is 17.3 Å². The molecule has 3 N–H and O–H groups in total. The number of nitrogens with one attached hydrogen (secondary N) is 1. The minimum atomic E-state index is -4.53. The number of nitrogens with zero attached hydrogens (tertiary/aromatic N) is 4. The molecule has 0 unspecified atom stereocenters. The monoisotopic (exact) mass is 492 g/mol. The number of aldehydes is 1. The minimum Gasteiger partial charge on any atom is -0.397 e. The second-order valence-electron chi connectivity index (χ2n) is 7.53. The molecule has 180 valence electrons. The largest absolute Gasteiger partial charge is 0.417 e. The third kappa shape index (κ3) is 6.13. The summed E-state index contributed by atoms with van der Waals surface area (Å²) in [6, 6.07) is 5.67. The lowest BCUT2D eigenvalue weighted by Gasteiger charge is -2.30. The summed E-state index contributed by atoms with van der Waals surface area (Å²) in [4.78, 5) is 24.8. The van der Waals surface area contributed by atoms with Crippen LogP contribution >= 0.6 is 11.6 Å². The van der Waals surface area contributed by atoms with Crippen LogP contribution in [-0.2, 0) is 6.18 Å². The van der Waals surface area contributed by atoms with Gasteiger partial charge in [0.15, 0.2) is 6.29 Å². The molecule has 4 heterocycles. The van der Waals surface area contributed by atoms with Crippen LogP contribution < -0.4 is 16.0 Å². The number of hydrogen-bond donors (Lipinski definition) is 2. The van der Waals surface area contributed by atoms with E-state index in [1.165, 1.54) is 50.2 Å². The second kappa shape index (κ2) is 11.1. The van der Waals surface area contributed by atoms with Gasteiger partial charge in [-0.2, -0.15) is 13.2 Å². The van der Waals surface area contributed by atoms with Crippen molar-refractivity contribution in [1.82, 2.24) is 15.0 Å². The highest BCUT2D eigenvalue weighted by molar-refractivity contribution is 6.33. The molecule has 4 rings (SSSR count). The lowest BCUT2D eigenvalue weighted by Crippen LogP contribution is -2.29. The fourth-order valence-corrected chi connectivity index (χ4v) is 3.75. The summed E-state index contributed by atoms with van der Waals surface area (Å²) < 4.78 is 37.5. The molecule has 0 radical (unpaired) electrons. The molecule has 3 aromatic heterocycles. The molecule has 0 bridgehead atoms. The lowest BCUT2D eigenvalue weighted by molar-refractivity contribution is -0.137. The number of halogens is 4. The number of nitrogen functional groups attached to an aromatic ring is 1.